The van der Waals surface area contributed by atoms with Crippen molar-refractivity contribution in [2.45, 2.75) is 57.3 Å². The quantitative estimate of drug-likeness (QED) is 0.862. The molecule has 23 heavy (non-hydrogen) atoms. The van der Waals surface area contributed by atoms with Gasteiger partial charge in [-0.05, 0) is 38.7 Å². The van der Waals surface area contributed by atoms with E-state index in [1.54, 1.807) is 0 Å². The number of fused-ring (bicyclic) bond motifs is 1. The van der Waals surface area contributed by atoms with E-state index >= 15 is 0 Å². The van der Waals surface area contributed by atoms with E-state index in [0.717, 1.165) is 11.4 Å². The van der Waals surface area contributed by atoms with Crippen molar-refractivity contribution in [3.63, 3.8) is 0 Å². The number of hydrogen-bond donors (Lipinski definition) is 1. The Morgan fingerprint density at radius 1 is 1.04 bits per heavy atom. The van der Waals surface area contributed by atoms with Crippen LogP contribution in [0.25, 0.3) is 0 Å². The van der Waals surface area contributed by atoms with Crippen molar-refractivity contribution in [1.29, 1.82) is 0 Å². The van der Waals surface area contributed by atoms with Crippen LogP contribution in [-0.4, -0.2) is 11.1 Å². The molecule has 1 aliphatic heterocycles. The normalized spacial score (nSPS) is 24.7. The largest absolute Gasteiger partial charge is 0.346 e. The molecule has 0 radical (unpaired) electrons. The molecule has 1 saturated carbocycles. The molecule has 0 amide bonds. The standard InChI is InChI=1S/C20H25N2O/c1-16-10-12-17(13-11-16)20(23)15-21-14-6-5-9-19(21)22(20)18-7-3-2-4-8-18/h5-6,9-14,18,23H,2-4,7-8,15H2,1H3/q+1/t20-/m0/s1. The predicted molar refractivity (Wildman–Crippen MR) is 91.1 cm³/mol. The first-order chi connectivity index (χ1) is 11.2. The number of hydrogen-bond acceptors (Lipinski definition) is 2. The van der Waals surface area contributed by atoms with Gasteiger partial charge in [-0.25, -0.2) is 9.47 Å². The molecule has 1 aromatic heterocycles. The summed E-state index contributed by atoms with van der Waals surface area (Å²) in [4.78, 5) is 2.29. The first-order valence-electron chi connectivity index (χ1n) is 8.76. The van der Waals surface area contributed by atoms with Crippen molar-refractivity contribution in [1.82, 2.24) is 0 Å². The zero-order valence-electron chi connectivity index (χ0n) is 13.8. The van der Waals surface area contributed by atoms with Gasteiger partial charge in [-0.15, -0.1) is 0 Å². The van der Waals surface area contributed by atoms with Gasteiger partial charge in [0.25, 0.3) is 11.5 Å². The zero-order chi connectivity index (χ0) is 15.9. The first-order valence-corrected chi connectivity index (χ1v) is 8.76. The monoisotopic (exact) mass is 309 g/mol. The van der Waals surface area contributed by atoms with Crippen LogP contribution in [0.5, 0.6) is 0 Å². The van der Waals surface area contributed by atoms with Gasteiger partial charge >= 0.3 is 0 Å². The van der Waals surface area contributed by atoms with E-state index in [1.807, 2.05) is 6.07 Å². The maximum absolute atomic E-state index is 11.7. The van der Waals surface area contributed by atoms with Crippen molar-refractivity contribution in [2.75, 3.05) is 4.90 Å². The topological polar surface area (TPSA) is 27.4 Å². The summed E-state index contributed by atoms with van der Waals surface area (Å²) in [6, 6.07) is 15.0. The van der Waals surface area contributed by atoms with Crippen molar-refractivity contribution < 1.29 is 9.67 Å². The van der Waals surface area contributed by atoms with Crippen molar-refractivity contribution in [3.8, 4) is 0 Å². The molecule has 0 saturated heterocycles. The zero-order valence-corrected chi connectivity index (χ0v) is 13.8. The van der Waals surface area contributed by atoms with E-state index in [9.17, 15) is 5.11 Å². The third kappa shape index (κ3) is 2.43. The number of aliphatic hydroxyl groups is 1. The van der Waals surface area contributed by atoms with Gasteiger partial charge in [-0.2, -0.15) is 0 Å². The van der Waals surface area contributed by atoms with Crippen LogP contribution in [0.1, 0.15) is 43.2 Å². The molecule has 1 aromatic carbocycles. The maximum Gasteiger partial charge on any atom is 0.279 e. The fraction of sp³-hybridized carbons (Fsp3) is 0.450. The van der Waals surface area contributed by atoms with Crippen molar-refractivity contribution in [3.05, 3.63) is 59.8 Å². The lowest BCUT2D eigenvalue weighted by molar-refractivity contribution is -0.683. The number of aromatic nitrogens is 1. The number of nitrogens with zero attached hydrogens (tertiary/aromatic N) is 2. The molecule has 0 bridgehead atoms. The van der Waals surface area contributed by atoms with E-state index in [1.165, 1.54) is 37.7 Å². The molecule has 2 heterocycles. The summed E-state index contributed by atoms with van der Waals surface area (Å²) in [5.74, 6) is 1.14. The predicted octanol–water partition coefficient (Wildman–Crippen LogP) is 3.28. The van der Waals surface area contributed by atoms with Crippen molar-refractivity contribution in [2.24, 2.45) is 0 Å². The number of rotatable bonds is 2. The Balaban J connectivity index is 1.79. The molecular formula is C20H25N2O+. The fourth-order valence-corrected chi connectivity index (χ4v) is 4.20. The molecule has 4 rings (SSSR count). The summed E-state index contributed by atoms with van der Waals surface area (Å²) in [7, 11) is 0. The van der Waals surface area contributed by atoms with Gasteiger partial charge in [0.05, 0.1) is 12.2 Å². The SMILES string of the molecule is Cc1ccc([C@@]2(O)C[n+]3ccccc3N2C2CCCCC2)cc1. The number of aryl methyl sites for hydroxylation is 1. The second kappa shape index (κ2) is 5.64. The second-order valence-corrected chi connectivity index (χ2v) is 7.03. The average molecular weight is 309 g/mol. The molecule has 1 aliphatic carbocycles. The minimum Gasteiger partial charge on any atom is -0.346 e. The minimum absolute atomic E-state index is 0.422. The molecule has 1 fully saturated rings. The van der Waals surface area contributed by atoms with Gasteiger partial charge < -0.3 is 5.11 Å². The van der Waals surface area contributed by atoms with Gasteiger partial charge in [0.15, 0.2) is 6.54 Å². The Labute approximate surface area is 138 Å². The molecule has 0 spiro atoms. The van der Waals surface area contributed by atoms with E-state index in [-0.39, 0.29) is 0 Å². The average Bonchev–Trinajstić information content (AvgIpc) is 2.89. The molecule has 1 N–H and O–H groups in total. The van der Waals surface area contributed by atoms with E-state index in [4.69, 9.17) is 0 Å². The Bertz CT molecular complexity index is 691. The number of pyridine rings is 1. The van der Waals surface area contributed by atoms with E-state index in [0.29, 0.717) is 12.6 Å². The van der Waals surface area contributed by atoms with Crippen LogP contribution in [0.3, 0.4) is 0 Å². The lowest BCUT2D eigenvalue weighted by Crippen LogP contribution is -2.51. The number of anilines is 1. The molecule has 0 unspecified atom stereocenters. The molecular weight excluding hydrogens is 284 g/mol. The highest BCUT2D eigenvalue weighted by Gasteiger charge is 2.54. The summed E-state index contributed by atoms with van der Waals surface area (Å²) in [6.07, 6.45) is 8.27. The van der Waals surface area contributed by atoms with Gasteiger partial charge in [0, 0.05) is 11.6 Å². The van der Waals surface area contributed by atoms with Crippen LogP contribution in [-0.2, 0) is 12.3 Å². The Morgan fingerprint density at radius 3 is 2.52 bits per heavy atom. The summed E-state index contributed by atoms with van der Waals surface area (Å²) < 4.78 is 2.19. The summed E-state index contributed by atoms with van der Waals surface area (Å²) >= 11 is 0. The van der Waals surface area contributed by atoms with Crippen molar-refractivity contribution >= 4 is 5.82 Å². The third-order valence-electron chi connectivity index (χ3n) is 5.41. The smallest absolute Gasteiger partial charge is 0.279 e. The highest BCUT2D eigenvalue weighted by atomic mass is 16.3. The third-order valence-corrected chi connectivity index (χ3v) is 5.41. The molecule has 3 nitrogen and oxygen atoms in total. The Morgan fingerprint density at radius 2 is 1.78 bits per heavy atom. The highest BCUT2D eigenvalue weighted by Crippen LogP contribution is 2.40. The van der Waals surface area contributed by atoms with Gasteiger partial charge in [-0.3, -0.25) is 0 Å². The summed E-state index contributed by atoms with van der Waals surface area (Å²) in [6.45, 7) is 2.69. The van der Waals surface area contributed by atoms with Crippen LogP contribution < -0.4 is 9.47 Å². The molecule has 120 valence electrons. The molecule has 2 aromatic rings. The van der Waals surface area contributed by atoms with Crippen LogP contribution in [0.2, 0.25) is 0 Å². The van der Waals surface area contributed by atoms with Gasteiger partial charge in [0.2, 0.25) is 0 Å². The molecule has 3 heteroatoms. The lowest BCUT2D eigenvalue weighted by atomic mass is 9.91. The van der Waals surface area contributed by atoms with Crippen LogP contribution in [0, 0.1) is 6.92 Å². The Hall–Kier alpha value is -1.87. The van der Waals surface area contributed by atoms with Gasteiger partial charge in [-0.1, -0.05) is 42.3 Å². The molecule has 1 atom stereocenters. The highest BCUT2D eigenvalue weighted by molar-refractivity contribution is 5.44. The maximum atomic E-state index is 11.7. The van der Waals surface area contributed by atoms with E-state index in [2.05, 4.69) is 59.0 Å². The van der Waals surface area contributed by atoms with Crippen LogP contribution >= 0.6 is 0 Å². The summed E-state index contributed by atoms with van der Waals surface area (Å²) in [5, 5.41) is 11.7. The number of benzene rings is 1. The van der Waals surface area contributed by atoms with Gasteiger partial charge in [0.1, 0.15) is 0 Å². The van der Waals surface area contributed by atoms with Crippen LogP contribution in [0.4, 0.5) is 5.82 Å². The first kappa shape index (κ1) is 14.7. The summed E-state index contributed by atoms with van der Waals surface area (Å²) in [5.41, 5.74) is 1.28. The lowest BCUT2D eigenvalue weighted by Gasteiger charge is -2.35. The van der Waals surface area contributed by atoms with Crippen LogP contribution in [0.15, 0.2) is 48.7 Å². The second-order valence-electron chi connectivity index (χ2n) is 7.03. The fourth-order valence-electron chi connectivity index (χ4n) is 4.20. The van der Waals surface area contributed by atoms with E-state index < -0.39 is 5.72 Å². The Kier molecular flexibility index (Phi) is 3.61. The minimum atomic E-state index is -0.940. The molecule has 2 aliphatic rings.